The van der Waals surface area contributed by atoms with Crippen molar-refractivity contribution < 1.29 is 4.39 Å². The zero-order chi connectivity index (χ0) is 22.9. The Morgan fingerprint density at radius 1 is 0.909 bits per heavy atom. The highest BCUT2D eigenvalue weighted by Gasteiger charge is 2.21. The maximum absolute atomic E-state index is 15.2. The molecule has 0 aliphatic carbocycles. The number of aromatic nitrogens is 1. The lowest BCUT2D eigenvalue weighted by molar-refractivity contribution is 0.334. The van der Waals surface area contributed by atoms with Crippen molar-refractivity contribution in [2.45, 2.75) is 20.4 Å². The largest absolute Gasteiger partial charge is 0.373 e. The van der Waals surface area contributed by atoms with Crippen LogP contribution in [0.4, 0.5) is 15.9 Å². The second-order valence-corrected chi connectivity index (χ2v) is 8.97. The summed E-state index contributed by atoms with van der Waals surface area (Å²) in [6.45, 7) is 7.88. The van der Waals surface area contributed by atoms with Crippen LogP contribution >= 0.6 is 0 Å². The van der Waals surface area contributed by atoms with Gasteiger partial charge in [-0.15, -0.1) is 0 Å². The van der Waals surface area contributed by atoms with E-state index in [0.717, 1.165) is 54.3 Å². The van der Waals surface area contributed by atoms with Gasteiger partial charge in [-0.1, -0.05) is 35.4 Å². The van der Waals surface area contributed by atoms with Crippen molar-refractivity contribution >= 4 is 22.4 Å². The van der Waals surface area contributed by atoms with Gasteiger partial charge in [0.15, 0.2) is 0 Å². The first-order valence-electron chi connectivity index (χ1n) is 11.4. The normalized spacial score (nSPS) is 14.2. The number of pyridine rings is 1. The summed E-state index contributed by atoms with van der Waals surface area (Å²) in [7, 11) is 1.85. The molecule has 0 unspecified atom stereocenters. The Bertz CT molecular complexity index is 1300. The Morgan fingerprint density at radius 3 is 2.48 bits per heavy atom. The first-order valence-corrected chi connectivity index (χ1v) is 11.4. The molecule has 4 aromatic rings. The lowest BCUT2D eigenvalue weighted by Gasteiger charge is -2.21. The average Bonchev–Trinajstić information content (AvgIpc) is 3.26. The predicted octanol–water partition coefficient (Wildman–Crippen LogP) is 5.98. The van der Waals surface area contributed by atoms with Crippen molar-refractivity contribution in [2.24, 2.45) is 0 Å². The van der Waals surface area contributed by atoms with Gasteiger partial charge in [0.25, 0.3) is 0 Å². The number of halogens is 1. The topological polar surface area (TPSA) is 31.4 Å². The van der Waals surface area contributed by atoms with Crippen molar-refractivity contribution in [2.75, 3.05) is 37.0 Å². The Kier molecular flexibility index (Phi) is 5.73. The molecule has 1 saturated heterocycles. The second-order valence-electron chi connectivity index (χ2n) is 8.97. The summed E-state index contributed by atoms with van der Waals surface area (Å²) in [6.07, 6.45) is 0. The Hall–Kier alpha value is -3.44. The molecule has 0 spiro atoms. The monoisotopic (exact) mass is 440 g/mol. The molecule has 0 bridgehead atoms. The third-order valence-corrected chi connectivity index (χ3v) is 6.32. The average molecular weight is 441 g/mol. The van der Waals surface area contributed by atoms with E-state index in [9.17, 15) is 0 Å². The van der Waals surface area contributed by atoms with E-state index >= 15 is 4.39 Å². The van der Waals surface area contributed by atoms with Gasteiger partial charge in [0.05, 0.1) is 12.2 Å². The summed E-state index contributed by atoms with van der Waals surface area (Å²) >= 11 is 0. The van der Waals surface area contributed by atoms with Gasteiger partial charge in [0.2, 0.25) is 0 Å². The van der Waals surface area contributed by atoms with Crippen LogP contribution in [0.5, 0.6) is 0 Å². The summed E-state index contributed by atoms with van der Waals surface area (Å²) in [5.74, 6) is 0.627. The van der Waals surface area contributed by atoms with E-state index in [1.165, 1.54) is 16.7 Å². The van der Waals surface area contributed by atoms with E-state index in [2.05, 4.69) is 52.1 Å². The summed E-state index contributed by atoms with van der Waals surface area (Å²) < 4.78 is 15.2. The molecular formula is C28H29FN4. The molecule has 1 aromatic heterocycles. The van der Waals surface area contributed by atoms with E-state index in [0.29, 0.717) is 5.56 Å². The molecule has 0 radical (unpaired) electrons. The van der Waals surface area contributed by atoms with Crippen LogP contribution in [0, 0.1) is 19.7 Å². The zero-order valence-corrected chi connectivity index (χ0v) is 19.4. The highest BCUT2D eigenvalue weighted by molar-refractivity contribution is 5.86. The van der Waals surface area contributed by atoms with Gasteiger partial charge in [-0.25, -0.2) is 9.37 Å². The molecule has 2 heterocycles. The Labute approximate surface area is 194 Å². The first kappa shape index (κ1) is 21.4. The van der Waals surface area contributed by atoms with Crippen LogP contribution in [0.2, 0.25) is 0 Å². The van der Waals surface area contributed by atoms with Gasteiger partial charge < -0.3 is 10.2 Å². The minimum absolute atomic E-state index is 0.195. The van der Waals surface area contributed by atoms with Gasteiger partial charge in [-0.3, -0.25) is 4.90 Å². The number of rotatable bonds is 5. The number of hydrogen-bond acceptors (Lipinski definition) is 4. The fraction of sp³-hybridized carbons (Fsp3) is 0.250. The number of nitrogens with one attached hydrogen (secondary N) is 1. The number of nitrogens with zero attached hydrogens (tertiary/aromatic N) is 3. The smallest absolute Gasteiger partial charge is 0.133 e. The van der Waals surface area contributed by atoms with Crippen molar-refractivity contribution in [1.29, 1.82) is 0 Å². The molecule has 1 N–H and O–H groups in total. The number of benzene rings is 3. The van der Waals surface area contributed by atoms with E-state index in [1.54, 1.807) is 6.07 Å². The maximum Gasteiger partial charge on any atom is 0.133 e. The molecule has 5 heteroatoms. The van der Waals surface area contributed by atoms with Gasteiger partial charge >= 0.3 is 0 Å². The number of aryl methyl sites for hydroxylation is 2. The Balaban J connectivity index is 1.32. The van der Waals surface area contributed by atoms with Crippen LogP contribution in [-0.4, -0.2) is 36.7 Å². The molecule has 0 amide bonds. The zero-order valence-electron chi connectivity index (χ0n) is 19.4. The van der Waals surface area contributed by atoms with Crippen LogP contribution in [0.15, 0.2) is 66.7 Å². The van der Waals surface area contributed by atoms with Gasteiger partial charge in [0, 0.05) is 43.3 Å². The summed E-state index contributed by atoms with van der Waals surface area (Å²) in [6, 6.07) is 22.1. The van der Waals surface area contributed by atoms with Gasteiger partial charge in [0.1, 0.15) is 11.6 Å². The summed E-state index contributed by atoms with van der Waals surface area (Å²) in [4.78, 5) is 9.21. The maximum atomic E-state index is 15.2. The lowest BCUT2D eigenvalue weighted by atomic mass is 10.0. The van der Waals surface area contributed by atoms with Crippen LogP contribution in [0.3, 0.4) is 0 Å². The summed E-state index contributed by atoms with van der Waals surface area (Å²) in [5, 5.41) is 4.05. The number of hydrogen-bond donors (Lipinski definition) is 1. The minimum atomic E-state index is -0.195. The van der Waals surface area contributed by atoms with E-state index in [1.807, 2.05) is 49.5 Å². The first-order chi connectivity index (χ1) is 16.0. The third-order valence-electron chi connectivity index (χ3n) is 6.32. The molecule has 1 fully saturated rings. The molecule has 33 heavy (non-hydrogen) atoms. The minimum Gasteiger partial charge on any atom is -0.373 e. The molecular weight excluding hydrogens is 411 g/mol. The van der Waals surface area contributed by atoms with Gasteiger partial charge in [-0.05, 0) is 67.4 Å². The highest BCUT2D eigenvalue weighted by atomic mass is 19.1. The number of fused-ring (bicyclic) bond motifs is 1. The van der Waals surface area contributed by atoms with E-state index < -0.39 is 0 Å². The fourth-order valence-corrected chi connectivity index (χ4v) is 4.77. The van der Waals surface area contributed by atoms with Crippen molar-refractivity contribution in [3.63, 3.8) is 0 Å². The van der Waals surface area contributed by atoms with E-state index in [-0.39, 0.29) is 5.82 Å². The molecule has 1 aliphatic heterocycles. The molecule has 5 rings (SSSR count). The molecule has 0 saturated carbocycles. The van der Waals surface area contributed by atoms with Crippen molar-refractivity contribution in [3.8, 4) is 11.1 Å². The SMILES string of the molecule is CNc1ccc2cc(-c3ccc(N4CCN(Cc5cc(C)cc(C)c5)C4)cc3F)ccc2n1. The van der Waals surface area contributed by atoms with E-state index in [4.69, 9.17) is 0 Å². The molecule has 4 nitrogen and oxygen atoms in total. The van der Waals surface area contributed by atoms with Crippen LogP contribution in [-0.2, 0) is 6.54 Å². The fourth-order valence-electron chi connectivity index (χ4n) is 4.77. The highest BCUT2D eigenvalue weighted by Crippen LogP contribution is 2.30. The Morgan fingerprint density at radius 2 is 1.73 bits per heavy atom. The van der Waals surface area contributed by atoms with Gasteiger partial charge in [-0.2, -0.15) is 0 Å². The molecule has 1 aliphatic rings. The quantitative estimate of drug-likeness (QED) is 0.414. The number of anilines is 2. The standard InChI is InChI=1S/C28H29FN4/c1-19-12-20(2)14-21(13-19)17-32-10-11-33(18-32)24-6-7-25(26(29)16-24)22-4-8-27-23(15-22)5-9-28(30-3)31-27/h4-9,12-16H,10-11,17-18H2,1-3H3,(H,30,31). The third kappa shape index (κ3) is 4.55. The lowest BCUT2D eigenvalue weighted by Crippen LogP contribution is -2.25. The second kappa shape index (κ2) is 8.83. The molecule has 168 valence electrons. The molecule has 3 aromatic carbocycles. The van der Waals surface area contributed by atoms with Crippen molar-refractivity contribution in [3.05, 3.63) is 89.2 Å². The van der Waals surface area contributed by atoms with Crippen LogP contribution in [0.25, 0.3) is 22.0 Å². The van der Waals surface area contributed by atoms with Crippen LogP contribution < -0.4 is 10.2 Å². The predicted molar refractivity (Wildman–Crippen MR) is 135 cm³/mol. The summed E-state index contributed by atoms with van der Waals surface area (Å²) in [5.41, 5.74) is 7.23. The van der Waals surface area contributed by atoms with Crippen molar-refractivity contribution in [1.82, 2.24) is 9.88 Å². The molecule has 0 atom stereocenters. The van der Waals surface area contributed by atoms with Crippen LogP contribution in [0.1, 0.15) is 16.7 Å².